The lowest BCUT2D eigenvalue weighted by Crippen LogP contribution is -2.73. The lowest BCUT2D eigenvalue weighted by molar-refractivity contribution is -0.171. The van der Waals surface area contributed by atoms with Crippen molar-refractivity contribution in [3.05, 3.63) is 0 Å². The summed E-state index contributed by atoms with van der Waals surface area (Å²) in [5.74, 6) is 1.81. The quantitative estimate of drug-likeness (QED) is 0.385. The molecule has 2 aliphatic heterocycles. The van der Waals surface area contributed by atoms with E-state index in [9.17, 15) is 4.79 Å². The largest absolute Gasteiger partial charge is 0.377 e. The summed E-state index contributed by atoms with van der Waals surface area (Å²) in [5, 5.41) is 3.74. The molecule has 3 aliphatic carbocycles. The Balaban J connectivity index is 0.00000157. The van der Waals surface area contributed by atoms with Gasteiger partial charge in [-0.1, -0.05) is 6.42 Å². The molecular weight excluding hydrogens is 431 g/mol. The summed E-state index contributed by atoms with van der Waals surface area (Å²) >= 11 is 0. The molecule has 3 saturated carbocycles. The number of guanidine groups is 1. The van der Waals surface area contributed by atoms with E-state index >= 15 is 0 Å². The second kappa shape index (κ2) is 6.55. The number of aliphatic imine (C=N–C) groups is 1. The van der Waals surface area contributed by atoms with Gasteiger partial charge in [-0.2, -0.15) is 0 Å². The highest BCUT2D eigenvalue weighted by Gasteiger charge is 2.66. The highest BCUT2D eigenvalue weighted by Crippen LogP contribution is 2.62. The Morgan fingerprint density at radius 1 is 1.28 bits per heavy atom. The Bertz CT molecular complexity index is 575. The van der Waals surface area contributed by atoms with Crippen molar-refractivity contribution in [2.75, 3.05) is 33.3 Å². The summed E-state index contributed by atoms with van der Waals surface area (Å²) in [6, 6.07) is 1.00. The third kappa shape index (κ3) is 2.67. The highest BCUT2D eigenvalue weighted by atomic mass is 127. The number of fused-ring (bicyclic) bond motifs is 2. The normalized spacial score (nSPS) is 36.4. The molecule has 0 aromatic rings. The van der Waals surface area contributed by atoms with Crippen LogP contribution in [0, 0.1) is 11.3 Å². The van der Waals surface area contributed by atoms with Crippen molar-refractivity contribution < 1.29 is 9.53 Å². The maximum absolute atomic E-state index is 12.4. The van der Waals surface area contributed by atoms with Gasteiger partial charge in [0.05, 0.1) is 12.6 Å². The van der Waals surface area contributed by atoms with E-state index in [2.05, 4.69) is 20.1 Å². The van der Waals surface area contributed by atoms with Crippen molar-refractivity contribution >= 4 is 35.8 Å². The monoisotopic (exact) mass is 460 g/mol. The summed E-state index contributed by atoms with van der Waals surface area (Å²) in [6.45, 7) is 3.12. The molecular formula is C18H29IN4O2. The third-order valence-corrected chi connectivity index (χ3v) is 7.08. The number of nitrogens with zero attached hydrogens (tertiary/aromatic N) is 3. The molecule has 0 bridgehead atoms. The van der Waals surface area contributed by atoms with Crippen LogP contribution in [-0.2, 0) is 9.53 Å². The molecule has 0 aromatic carbocycles. The van der Waals surface area contributed by atoms with Gasteiger partial charge in [-0.25, -0.2) is 0 Å². The van der Waals surface area contributed by atoms with E-state index in [-0.39, 0.29) is 29.9 Å². The van der Waals surface area contributed by atoms with E-state index < -0.39 is 0 Å². The Morgan fingerprint density at radius 3 is 2.68 bits per heavy atom. The number of hydrogen-bond donors (Lipinski definition) is 1. The maximum atomic E-state index is 12.4. The van der Waals surface area contributed by atoms with E-state index in [0.717, 1.165) is 32.1 Å². The second-order valence-corrected chi connectivity index (χ2v) is 8.24. The lowest BCUT2D eigenvalue weighted by atomic mass is 9.46. The van der Waals surface area contributed by atoms with Crippen molar-refractivity contribution in [2.24, 2.45) is 16.3 Å². The maximum Gasteiger partial charge on any atom is 0.242 e. The van der Waals surface area contributed by atoms with Gasteiger partial charge in [0.1, 0.15) is 0 Å². The topological polar surface area (TPSA) is 57.2 Å². The molecule has 3 unspecified atom stereocenters. The first kappa shape index (κ1) is 17.8. The van der Waals surface area contributed by atoms with Crippen LogP contribution in [0.4, 0.5) is 0 Å². The number of amides is 1. The smallest absolute Gasteiger partial charge is 0.242 e. The standard InChI is InChI=1S/C18H28N4O2.HI/c1-19-17(21-8-9-22(12-3-4-12)14(23)11-21)20-15-13-5-10-24-16(13)18(15)6-2-7-18;/h12-13,15-16H,2-11H2,1H3,(H,19,20);1H. The molecule has 3 atom stereocenters. The summed E-state index contributed by atoms with van der Waals surface area (Å²) in [7, 11) is 1.84. The average Bonchev–Trinajstić information content (AvgIpc) is 3.28. The fourth-order valence-electron chi connectivity index (χ4n) is 5.53. The number of carbonyl (C=O) groups is 1. The Kier molecular flexibility index (Phi) is 4.67. The first-order valence-corrected chi connectivity index (χ1v) is 9.62. The molecule has 5 rings (SSSR count). The van der Waals surface area contributed by atoms with Gasteiger partial charge >= 0.3 is 0 Å². The minimum Gasteiger partial charge on any atom is -0.377 e. The van der Waals surface area contributed by atoms with Gasteiger partial charge in [-0.3, -0.25) is 9.79 Å². The molecule has 6 nitrogen and oxygen atoms in total. The summed E-state index contributed by atoms with van der Waals surface area (Å²) in [6.07, 6.45) is 7.88. The predicted octanol–water partition coefficient (Wildman–Crippen LogP) is 1.44. The van der Waals surface area contributed by atoms with Crippen LogP contribution in [0.3, 0.4) is 0 Å². The number of nitrogens with one attached hydrogen (secondary N) is 1. The van der Waals surface area contributed by atoms with Crippen LogP contribution in [-0.4, -0.2) is 73.1 Å². The van der Waals surface area contributed by atoms with Gasteiger partial charge < -0.3 is 19.9 Å². The van der Waals surface area contributed by atoms with E-state index in [1.165, 1.54) is 32.1 Å². The minimum absolute atomic E-state index is 0. The summed E-state index contributed by atoms with van der Waals surface area (Å²) < 4.78 is 6.01. The molecule has 1 N–H and O–H groups in total. The SMILES string of the molecule is CN=C(NC1C2CCOC2C12CCC2)N1CCN(C2CC2)C(=O)C1.I. The van der Waals surface area contributed by atoms with Gasteiger partial charge in [-0.15, -0.1) is 24.0 Å². The van der Waals surface area contributed by atoms with Gasteiger partial charge in [0.2, 0.25) is 5.91 Å². The molecule has 0 radical (unpaired) electrons. The zero-order valence-electron chi connectivity index (χ0n) is 14.9. The van der Waals surface area contributed by atoms with E-state index in [4.69, 9.17) is 4.74 Å². The van der Waals surface area contributed by atoms with Crippen LogP contribution >= 0.6 is 24.0 Å². The molecule has 140 valence electrons. The van der Waals surface area contributed by atoms with Gasteiger partial charge in [0.15, 0.2) is 5.96 Å². The predicted molar refractivity (Wildman–Crippen MR) is 106 cm³/mol. The molecule has 1 spiro atoms. The zero-order chi connectivity index (χ0) is 16.3. The average molecular weight is 460 g/mol. The molecule has 5 aliphatic rings. The number of hydrogen-bond acceptors (Lipinski definition) is 3. The summed E-state index contributed by atoms with van der Waals surface area (Å²) in [4.78, 5) is 21.2. The number of piperazine rings is 1. The van der Waals surface area contributed by atoms with Crippen LogP contribution in [0.2, 0.25) is 0 Å². The number of carbonyl (C=O) groups excluding carboxylic acids is 1. The van der Waals surface area contributed by atoms with Crippen LogP contribution < -0.4 is 5.32 Å². The first-order chi connectivity index (χ1) is 11.7. The van der Waals surface area contributed by atoms with Gasteiger partial charge in [-0.05, 0) is 32.1 Å². The fraction of sp³-hybridized carbons (Fsp3) is 0.889. The van der Waals surface area contributed by atoms with E-state index in [1.807, 2.05) is 7.05 Å². The number of ether oxygens (including phenoxy) is 1. The van der Waals surface area contributed by atoms with Crippen molar-refractivity contribution in [2.45, 2.75) is 56.7 Å². The van der Waals surface area contributed by atoms with Crippen LogP contribution in [0.25, 0.3) is 0 Å². The molecule has 1 amide bonds. The molecule has 5 fully saturated rings. The molecule has 2 heterocycles. The first-order valence-electron chi connectivity index (χ1n) is 9.62. The lowest BCUT2D eigenvalue weighted by Gasteiger charge is -2.63. The van der Waals surface area contributed by atoms with Crippen LogP contribution in [0.15, 0.2) is 4.99 Å². The summed E-state index contributed by atoms with van der Waals surface area (Å²) in [5.41, 5.74) is 0.344. The van der Waals surface area contributed by atoms with E-state index in [0.29, 0.717) is 36.1 Å². The Labute approximate surface area is 166 Å². The zero-order valence-corrected chi connectivity index (χ0v) is 17.3. The van der Waals surface area contributed by atoms with Crippen molar-refractivity contribution in [1.82, 2.24) is 15.1 Å². The van der Waals surface area contributed by atoms with Crippen LogP contribution in [0.1, 0.15) is 38.5 Å². The molecule has 0 aromatic heterocycles. The van der Waals surface area contributed by atoms with Crippen molar-refractivity contribution in [1.29, 1.82) is 0 Å². The highest BCUT2D eigenvalue weighted by molar-refractivity contribution is 14.0. The fourth-order valence-corrected chi connectivity index (χ4v) is 5.53. The minimum atomic E-state index is 0. The van der Waals surface area contributed by atoms with Crippen molar-refractivity contribution in [3.8, 4) is 0 Å². The Hall–Kier alpha value is -0.570. The molecule has 7 heteroatoms. The number of halogens is 1. The Morgan fingerprint density at radius 2 is 2.08 bits per heavy atom. The molecule has 2 saturated heterocycles. The van der Waals surface area contributed by atoms with Gasteiger partial charge in [0.25, 0.3) is 0 Å². The van der Waals surface area contributed by atoms with Crippen molar-refractivity contribution in [3.63, 3.8) is 0 Å². The molecule has 25 heavy (non-hydrogen) atoms. The van der Waals surface area contributed by atoms with Crippen LogP contribution in [0.5, 0.6) is 0 Å². The number of rotatable bonds is 2. The third-order valence-electron chi connectivity index (χ3n) is 7.08. The van der Waals surface area contributed by atoms with E-state index in [1.54, 1.807) is 0 Å². The second-order valence-electron chi connectivity index (χ2n) is 8.24. The van der Waals surface area contributed by atoms with Gasteiger partial charge in [0, 0.05) is 50.2 Å².